The molecule has 0 bridgehead atoms. The quantitative estimate of drug-likeness (QED) is 0.0576. The number of hydrogen-bond donors (Lipinski definition) is 0. The Hall–Kier alpha value is -0.560. The second kappa shape index (κ2) is 33.6. The van der Waals surface area contributed by atoms with Gasteiger partial charge in [-0.3, -0.25) is 0 Å². The van der Waals surface area contributed by atoms with E-state index in [9.17, 15) is 0 Å². The fourth-order valence-electron chi connectivity index (χ4n) is 5.79. The topological polar surface area (TPSA) is 9.23 Å². The molecule has 0 aromatic rings. The molecule has 0 radical (unpaired) electrons. The van der Waals surface area contributed by atoms with Crippen LogP contribution in [0.5, 0.6) is 0 Å². The van der Waals surface area contributed by atoms with Gasteiger partial charge in [0.05, 0.1) is 12.2 Å². The van der Waals surface area contributed by atoms with Crippen LogP contribution in [0.1, 0.15) is 206 Å². The van der Waals surface area contributed by atoms with E-state index in [-0.39, 0.29) is 12.2 Å². The van der Waals surface area contributed by atoms with Crippen LogP contribution in [0.3, 0.4) is 0 Å². The summed E-state index contributed by atoms with van der Waals surface area (Å²) < 4.78 is 6.34. The first-order valence-electron chi connectivity index (χ1n) is 18.2. The van der Waals surface area contributed by atoms with Gasteiger partial charge in [-0.25, -0.2) is 0 Å². The molecule has 0 saturated carbocycles. The van der Waals surface area contributed by atoms with Crippen molar-refractivity contribution in [3.63, 3.8) is 0 Å². The maximum atomic E-state index is 6.34. The summed E-state index contributed by atoms with van der Waals surface area (Å²) in [5, 5.41) is 0. The highest BCUT2D eigenvalue weighted by molar-refractivity contribution is 4.86. The normalized spacial score (nSPS) is 13.0. The third kappa shape index (κ3) is 30.2. The number of unbranched alkanes of at least 4 members (excludes halogenated alkanes) is 26. The molecule has 2 unspecified atom stereocenters. The van der Waals surface area contributed by atoms with Gasteiger partial charge < -0.3 is 4.74 Å². The Bertz CT molecular complexity index is 427. The van der Waals surface area contributed by atoms with Gasteiger partial charge in [-0.05, 0) is 12.8 Å². The lowest BCUT2D eigenvalue weighted by Gasteiger charge is -2.20. The van der Waals surface area contributed by atoms with Crippen molar-refractivity contribution in [2.24, 2.45) is 0 Å². The van der Waals surface area contributed by atoms with Crippen LogP contribution >= 0.6 is 0 Å². The summed E-state index contributed by atoms with van der Waals surface area (Å²) in [4.78, 5) is 0. The van der Waals surface area contributed by atoms with Crippen LogP contribution in [0.15, 0.2) is 25.3 Å². The predicted molar refractivity (Wildman–Crippen MR) is 179 cm³/mol. The lowest BCUT2D eigenvalue weighted by Crippen LogP contribution is -2.19. The minimum Gasteiger partial charge on any atom is -0.367 e. The van der Waals surface area contributed by atoms with E-state index >= 15 is 0 Å². The maximum Gasteiger partial charge on any atom is 0.0761 e. The van der Waals surface area contributed by atoms with E-state index in [0.29, 0.717) is 0 Å². The molecule has 0 aromatic heterocycles. The van der Waals surface area contributed by atoms with Gasteiger partial charge in [-0.2, -0.15) is 0 Å². The first kappa shape index (κ1) is 38.4. The molecule has 1 nitrogen and oxygen atoms in total. The average Bonchev–Trinajstić information content (AvgIpc) is 2.95. The van der Waals surface area contributed by atoms with Gasteiger partial charge in [0.25, 0.3) is 0 Å². The van der Waals surface area contributed by atoms with Crippen molar-refractivity contribution < 1.29 is 4.74 Å². The molecule has 0 fully saturated rings. The van der Waals surface area contributed by atoms with Crippen molar-refractivity contribution in [2.75, 3.05) is 0 Å². The molecule has 1 heteroatoms. The zero-order chi connectivity index (χ0) is 28.5. The summed E-state index contributed by atoms with van der Waals surface area (Å²) >= 11 is 0. The third-order valence-corrected chi connectivity index (χ3v) is 8.56. The second-order valence-electron chi connectivity index (χ2n) is 12.5. The predicted octanol–water partition coefficient (Wildman–Crippen LogP) is 13.9. The molecular weight excluding hydrogens is 472 g/mol. The minimum atomic E-state index is 0.192. The molecule has 0 rings (SSSR count). The summed E-state index contributed by atoms with van der Waals surface area (Å²) in [7, 11) is 0. The fourth-order valence-corrected chi connectivity index (χ4v) is 5.79. The fraction of sp³-hybridized carbons (Fsp3) is 0.895. The molecule has 2 atom stereocenters. The van der Waals surface area contributed by atoms with Gasteiger partial charge >= 0.3 is 0 Å². The molecule has 39 heavy (non-hydrogen) atoms. The average molecular weight is 547 g/mol. The standard InChI is InChI=1S/C38H74O/c1-5-9-11-13-15-17-19-21-23-25-27-29-31-33-35-37(7-3)39-38(8-4)36-34-32-30-28-26-24-22-20-18-16-14-12-10-6-2/h7-8,37-38H,3-6,9-36H2,1-2H3. The van der Waals surface area contributed by atoms with Gasteiger partial charge in [-0.1, -0.05) is 206 Å². The summed E-state index contributed by atoms with van der Waals surface area (Å²) in [5.74, 6) is 0. The monoisotopic (exact) mass is 547 g/mol. The molecule has 0 amide bonds. The van der Waals surface area contributed by atoms with E-state index < -0.39 is 0 Å². The minimum absolute atomic E-state index is 0.192. The molecular formula is C38H74O. The molecule has 0 saturated heterocycles. The molecule has 0 aliphatic heterocycles. The highest BCUT2D eigenvalue weighted by atomic mass is 16.5. The van der Waals surface area contributed by atoms with Crippen molar-refractivity contribution >= 4 is 0 Å². The Morgan fingerprint density at radius 2 is 0.564 bits per heavy atom. The second-order valence-corrected chi connectivity index (χ2v) is 12.5. The van der Waals surface area contributed by atoms with E-state index in [2.05, 4.69) is 27.0 Å². The molecule has 0 spiro atoms. The van der Waals surface area contributed by atoms with Crippen molar-refractivity contribution in [1.29, 1.82) is 0 Å². The summed E-state index contributed by atoms with van der Waals surface area (Å²) in [6.45, 7) is 12.7. The molecule has 0 aliphatic rings. The Labute approximate surface area is 248 Å². The largest absolute Gasteiger partial charge is 0.367 e. The van der Waals surface area contributed by atoms with Crippen molar-refractivity contribution in [3.05, 3.63) is 25.3 Å². The van der Waals surface area contributed by atoms with Gasteiger partial charge in [0.2, 0.25) is 0 Å². The molecule has 0 heterocycles. The van der Waals surface area contributed by atoms with Crippen molar-refractivity contribution in [1.82, 2.24) is 0 Å². The van der Waals surface area contributed by atoms with E-state index in [1.165, 1.54) is 180 Å². The Balaban J connectivity index is 3.53. The Morgan fingerprint density at radius 3 is 0.769 bits per heavy atom. The first-order valence-corrected chi connectivity index (χ1v) is 18.2. The SMILES string of the molecule is C=CC(CCCCCCCCCCCCCCCC)OC(C=C)CCCCCCCCCCCCCCCC. The smallest absolute Gasteiger partial charge is 0.0761 e. The lowest BCUT2D eigenvalue weighted by molar-refractivity contribution is 0.0299. The van der Waals surface area contributed by atoms with Crippen LogP contribution in [0.2, 0.25) is 0 Å². The van der Waals surface area contributed by atoms with Gasteiger partial charge in [0.15, 0.2) is 0 Å². The number of hydrogen-bond acceptors (Lipinski definition) is 1. The highest BCUT2D eigenvalue weighted by Crippen LogP contribution is 2.18. The third-order valence-electron chi connectivity index (χ3n) is 8.56. The van der Waals surface area contributed by atoms with Gasteiger partial charge in [0.1, 0.15) is 0 Å². The lowest BCUT2D eigenvalue weighted by atomic mass is 10.0. The number of rotatable bonds is 34. The van der Waals surface area contributed by atoms with Crippen LogP contribution in [0.4, 0.5) is 0 Å². The van der Waals surface area contributed by atoms with E-state index in [0.717, 1.165) is 12.8 Å². The van der Waals surface area contributed by atoms with Gasteiger partial charge in [0, 0.05) is 0 Å². The van der Waals surface area contributed by atoms with Crippen LogP contribution in [0.25, 0.3) is 0 Å². The van der Waals surface area contributed by atoms with Crippen LogP contribution in [-0.2, 0) is 4.74 Å². The van der Waals surface area contributed by atoms with Crippen molar-refractivity contribution in [3.8, 4) is 0 Å². The summed E-state index contributed by atoms with van der Waals surface area (Å²) in [5.41, 5.74) is 0. The zero-order valence-corrected chi connectivity index (χ0v) is 27.3. The summed E-state index contributed by atoms with van der Waals surface area (Å²) in [6.07, 6.45) is 46.1. The highest BCUT2D eigenvalue weighted by Gasteiger charge is 2.11. The van der Waals surface area contributed by atoms with Crippen LogP contribution in [0, 0.1) is 0 Å². The number of ether oxygens (including phenoxy) is 1. The molecule has 232 valence electrons. The zero-order valence-electron chi connectivity index (χ0n) is 27.3. The van der Waals surface area contributed by atoms with Crippen LogP contribution < -0.4 is 0 Å². The Morgan fingerprint density at radius 1 is 0.359 bits per heavy atom. The van der Waals surface area contributed by atoms with Gasteiger partial charge in [-0.15, -0.1) is 13.2 Å². The van der Waals surface area contributed by atoms with E-state index in [1.54, 1.807) is 0 Å². The van der Waals surface area contributed by atoms with E-state index in [1.807, 2.05) is 12.2 Å². The van der Waals surface area contributed by atoms with E-state index in [4.69, 9.17) is 4.74 Å². The Kier molecular flexibility index (Phi) is 33.2. The van der Waals surface area contributed by atoms with Crippen LogP contribution in [-0.4, -0.2) is 12.2 Å². The maximum absolute atomic E-state index is 6.34. The molecule has 0 N–H and O–H groups in total. The first-order chi connectivity index (χ1) is 19.3. The molecule has 0 aliphatic carbocycles. The summed E-state index contributed by atoms with van der Waals surface area (Å²) in [6, 6.07) is 0. The molecule has 0 aromatic carbocycles. The van der Waals surface area contributed by atoms with Crippen molar-refractivity contribution in [2.45, 2.75) is 219 Å².